The molecule has 3 aromatic heterocycles. The Hall–Kier alpha value is -2.54. The van der Waals surface area contributed by atoms with Crippen LogP contribution in [0.15, 0.2) is 30.7 Å². The zero-order valence-electron chi connectivity index (χ0n) is 14.0. The minimum atomic E-state index is 0.403. The summed E-state index contributed by atoms with van der Waals surface area (Å²) in [6.07, 6.45) is 7.77. The minimum Gasteiger partial charge on any atom is -0.308 e. The van der Waals surface area contributed by atoms with Crippen molar-refractivity contribution in [1.29, 1.82) is 0 Å². The van der Waals surface area contributed by atoms with E-state index in [2.05, 4.69) is 31.7 Å². The first-order chi connectivity index (χ1) is 11.7. The summed E-state index contributed by atoms with van der Waals surface area (Å²) in [7, 11) is 1.95. The smallest absolute Gasteiger partial charge is 0.147 e. The van der Waals surface area contributed by atoms with E-state index in [-0.39, 0.29) is 0 Å². The Morgan fingerprint density at radius 2 is 2.25 bits per heavy atom. The highest BCUT2D eigenvalue weighted by molar-refractivity contribution is 5.61. The third-order valence-corrected chi connectivity index (χ3v) is 4.38. The van der Waals surface area contributed by atoms with Gasteiger partial charge in [-0.2, -0.15) is 10.2 Å². The van der Waals surface area contributed by atoms with E-state index in [0.29, 0.717) is 6.04 Å². The maximum atomic E-state index is 4.59. The van der Waals surface area contributed by atoms with Gasteiger partial charge in [-0.1, -0.05) is 0 Å². The Bertz CT molecular complexity index is 834. The van der Waals surface area contributed by atoms with E-state index in [1.165, 1.54) is 5.56 Å². The second kappa shape index (κ2) is 6.16. The van der Waals surface area contributed by atoms with Gasteiger partial charge < -0.3 is 5.32 Å². The molecule has 0 aromatic carbocycles. The molecule has 7 nitrogen and oxygen atoms in total. The molecule has 4 heterocycles. The molecule has 0 bridgehead atoms. The first-order valence-corrected chi connectivity index (χ1v) is 8.25. The number of nitrogens with zero attached hydrogens (tertiary/aromatic N) is 6. The van der Waals surface area contributed by atoms with E-state index in [1.54, 1.807) is 6.20 Å². The van der Waals surface area contributed by atoms with Gasteiger partial charge >= 0.3 is 0 Å². The van der Waals surface area contributed by atoms with E-state index in [1.807, 2.05) is 41.7 Å². The minimum absolute atomic E-state index is 0.403. The maximum absolute atomic E-state index is 4.59. The lowest BCUT2D eigenvalue weighted by molar-refractivity contribution is 0.358. The van der Waals surface area contributed by atoms with Gasteiger partial charge in [0.15, 0.2) is 0 Å². The third-order valence-electron chi connectivity index (χ3n) is 4.38. The van der Waals surface area contributed by atoms with Crippen molar-refractivity contribution in [2.45, 2.75) is 38.9 Å². The molecule has 0 spiro atoms. The van der Waals surface area contributed by atoms with Crippen LogP contribution >= 0.6 is 0 Å². The second-order valence-corrected chi connectivity index (χ2v) is 6.29. The number of nitrogens with one attached hydrogen (secondary N) is 1. The van der Waals surface area contributed by atoms with Crippen LogP contribution in [0.2, 0.25) is 0 Å². The summed E-state index contributed by atoms with van der Waals surface area (Å²) in [6, 6.07) is 4.39. The van der Waals surface area contributed by atoms with Gasteiger partial charge in [0, 0.05) is 55.8 Å². The van der Waals surface area contributed by atoms with E-state index in [4.69, 9.17) is 0 Å². The maximum Gasteiger partial charge on any atom is 0.147 e. The summed E-state index contributed by atoms with van der Waals surface area (Å²) >= 11 is 0. The summed E-state index contributed by atoms with van der Waals surface area (Å²) < 4.78 is 3.89. The normalized spacial score (nSPS) is 17.0. The molecular formula is C17H21N7. The van der Waals surface area contributed by atoms with Gasteiger partial charge in [0.05, 0.1) is 12.2 Å². The van der Waals surface area contributed by atoms with Crippen molar-refractivity contribution < 1.29 is 0 Å². The van der Waals surface area contributed by atoms with Crippen LogP contribution in [0.5, 0.6) is 0 Å². The van der Waals surface area contributed by atoms with E-state index >= 15 is 0 Å². The highest BCUT2D eigenvalue weighted by Gasteiger charge is 2.21. The van der Waals surface area contributed by atoms with Crippen LogP contribution in [0.1, 0.15) is 23.6 Å². The van der Waals surface area contributed by atoms with Gasteiger partial charge in [-0.25, -0.2) is 9.67 Å². The number of hydrogen-bond donors (Lipinski definition) is 1. The molecule has 1 aliphatic rings. The molecule has 1 aliphatic heterocycles. The lowest BCUT2D eigenvalue weighted by Crippen LogP contribution is -2.37. The number of pyridine rings is 1. The molecule has 3 aromatic rings. The predicted molar refractivity (Wildman–Crippen MR) is 90.1 cm³/mol. The van der Waals surface area contributed by atoms with Crippen LogP contribution in [-0.4, -0.2) is 35.6 Å². The predicted octanol–water partition coefficient (Wildman–Crippen LogP) is 1.49. The summed E-state index contributed by atoms with van der Waals surface area (Å²) in [5.74, 6) is 1.96. The van der Waals surface area contributed by atoms with Crippen molar-refractivity contribution >= 4 is 0 Å². The number of hydrogen-bond acceptors (Lipinski definition) is 5. The summed E-state index contributed by atoms with van der Waals surface area (Å²) in [5.41, 5.74) is 3.23. The zero-order chi connectivity index (χ0) is 16.5. The van der Waals surface area contributed by atoms with Crippen LogP contribution in [0.4, 0.5) is 0 Å². The molecule has 1 atom stereocenters. The number of fused-ring (bicyclic) bond motifs is 1. The van der Waals surface area contributed by atoms with Crippen molar-refractivity contribution in [3.05, 3.63) is 47.9 Å². The molecule has 0 fully saturated rings. The van der Waals surface area contributed by atoms with Crippen LogP contribution in [0.25, 0.3) is 11.3 Å². The van der Waals surface area contributed by atoms with E-state index in [0.717, 1.165) is 48.8 Å². The Labute approximate surface area is 140 Å². The Morgan fingerprint density at radius 1 is 1.33 bits per heavy atom. The van der Waals surface area contributed by atoms with Crippen molar-refractivity contribution in [3.63, 3.8) is 0 Å². The highest BCUT2D eigenvalue weighted by atomic mass is 15.4. The Morgan fingerprint density at radius 3 is 3.08 bits per heavy atom. The molecule has 0 aliphatic carbocycles. The summed E-state index contributed by atoms with van der Waals surface area (Å²) in [6.45, 7) is 3.61. The molecule has 1 N–H and O–H groups in total. The highest BCUT2D eigenvalue weighted by Crippen LogP contribution is 2.21. The molecule has 0 radical (unpaired) electrons. The molecular weight excluding hydrogens is 302 g/mol. The third kappa shape index (κ3) is 2.94. The van der Waals surface area contributed by atoms with Crippen LogP contribution < -0.4 is 5.32 Å². The van der Waals surface area contributed by atoms with Gasteiger partial charge in [-0.15, -0.1) is 0 Å². The first-order valence-electron chi connectivity index (χ1n) is 8.25. The fourth-order valence-electron chi connectivity index (χ4n) is 3.27. The monoisotopic (exact) mass is 323 g/mol. The van der Waals surface area contributed by atoms with Crippen LogP contribution in [0.3, 0.4) is 0 Å². The van der Waals surface area contributed by atoms with Crippen LogP contribution in [0, 0.1) is 6.92 Å². The van der Waals surface area contributed by atoms with Gasteiger partial charge in [0.1, 0.15) is 11.6 Å². The number of aryl methyl sites for hydroxylation is 3. The molecule has 24 heavy (non-hydrogen) atoms. The van der Waals surface area contributed by atoms with Gasteiger partial charge in [0.2, 0.25) is 0 Å². The van der Waals surface area contributed by atoms with E-state index in [9.17, 15) is 0 Å². The lowest BCUT2D eigenvalue weighted by Gasteiger charge is -2.23. The molecule has 4 rings (SSSR count). The Kier molecular flexibility index (Phi) is 3.86. The van der Waals surface area contributed by atoms with Crippen LogP contribution in [-0.2, 0) is 26.6 Å². The molecule has 0 unspecified atom stereocenters. The topological polar surface area (TPSA) is 73.5 Å². The van der Waals surface area contributed by atoms with E-state index < -0.39 is 0 Å². The number of rotatable bonds is 4. The van der Waals surface area contributed by atoms with Crippen molar-refractivity contribution in [3.8, 4) is 11.3 Å². The fraction of sp³-hybridized carbons (Fsp3) is 0.412. The lowest BCUT2D eigenvalue weighted by atomic mass is 10.1. The summed E-state index contributed by atoms with van der Waals surface area (Å²) in [5, 5.41) is 12.7. The Balaban J connectivity index is 1.47. The molecule has 124 valence electrons. The molecule has 0 saturated carbocycles. The van der Waals surface area contributed by atoms with Gasteiger partial charge in [-0.05, 0) is 25.5 Å². The fourth-order valence-corrected chi connectivity index (χ4v) is 3.27. The second-order valence-electron chi connectivity index (χ2n) is 6.29. The summed E-state index contributed by atoms with van der Waals surface area (Å²) in [4.78, 5) is 8.67. The first kappa shape index (κ1) is 15.0. The van der Waals surface area contributed by atoms with Gasteiger partial charge in [0.25, 0.3) is 0 Å². The van der Waals surface area contributed by atoms with Crippen molar-refractivity contribution in [2.24, 2.45) is 7.05 Å². The number of aromatic nitrogens is 6. The quantitative estimate of drug-likeness (QED) is 0.787. The SMILES string of the molecule is Cc1nc2n(n1)C[C@H](NCc1cn(C)nc1-c1cccnc1)CC2. The molecule has 0 amide bonds. The molecule has 7 heteroatoms. The average molecular weight is 323 g/mol. The zero-order valence-corrected chi connectivity index (χ0v) is 14.0. The largest absolute Gasteiger partial charge is 0.308 e. The van der Waals surface area contributed by atoms with Gasteiger partial charge in [-0.3, -0.25) is 9.67 Å². The van der Waals surface area contributed by atoms with Crippen molar-refractivity contribution in [2.75, 3.05) is 0 Å². The average Bonchev–Trinajstić information content (AvgIpc) is 3.14. The molecule has 0 saturated heterocycles. The van der Waals surface area contributed by atoms with Crippen molar-refractivity contribution in [1.82, 2.24) is 34.8 Å². The standard InChI is InChI=1S/C17H21N7/c1-12-20-16-6-5-15(11-24(16)21-12)19-9-14-10-23(2)22-17(14)13-4-3-7-18-8-13/h3-4,7-8,10,15,19H,5-6,9,11H2,1-2H3/t15-/m1/s1.